The van der Waals surface area contributed by atoms with Crippen LogP contribution in [-0.2, 0) is 9.84 Å². The lowest BCUT2D eigenvalue weighted by Crippen LogP contribution is -2.27. The van der Waals surface area contributed by atoms with Crippen LogP contribution in [0.2, 0.25) is 0 Å². The van der Waals surface area contributed by atoms with Gasteiger partial charge in [-0.15, -0.1) is 0 Å². The van der Waals surface area contributed by atoms with Gasteiger partial charge in [0.05, 0.1) is 0 Å². The highest BCUT2D eigenvalue weighted by molar-refractivity contribution is 6.47. The van der Waals surface area contributed by atoms with Crippen molar-refractivity contribution in [1.29, 1.82) is 0 Å². The maximum Gasteiger partial charge on any atom is 0.247 e. The standard InChI is InChI=1S/C4H5Cl2F2O2/c5-4(6,2-9)10-3(8)1-7/h3H,1-2H2. The molecule has 61 valence electrons. The number of halogens is 4. The second kappa shape index (κ2) is 4.28. The van der Waals surface area contributed by atoms with Crippen LogP contribution in [0.1, 0.15) is 0 Å². The normalized spacial score (nSPS) is 15.3. The fraction of sp³-hybridized carbons (Fsp3) is 1.00. The number of ether oxygens (including phenoxy) is 1. The molecule has 0 heterocycles. The van der Waals surface area contributed by atoms with Gasteiger partial charge in [0, 0.05) is 0 Å². The van der Waals surface area contributed by atoms with Crippen LogP contribution in [-0.4, -0.2) is 24.2 Å². The second-order valence-electron chi connectivity index (χ2n) is 1.46. The third-order valence-corrected chi connectivity index (χ3v) is 0.986. The zero-order valence-corrected chi connectivity index (χ0v) is 6.33. The summed E-state index contributed by atoms with van der Waals surface area (Å²) in [6.07, 6.45) is -2.23. The molecule has 0 aliphatic carbocycles. The van der Waals surface area contributed by atoms with Crippen LogP contribution in [0, 0.1) is 0 Å². The smallest absolute Gasteiger partial charge is 0.247 e. The molecule has 0 aliphatic rings. The minimum Gasteiger partial charge on any atom is -0.307 e. The van der Waals surface area contributed by atoms with Gasteiger partial charge in [0.1, 0.15) is 13.3 Å². The van der Waals surface area contributed by atoms with E-state index in [2.05, 4.69) is 4.74 Å². The van der Waals surface area contributed by atoms with Crippen molar-refractivity contribution in [2.75, 3.05) is 13.3 Å². The summed E-state index contributed by atoms with van der Waals surface area (Å²) < 4.78 is 25.0. The summed E-state index contributed by atoms with van der Waals surface area (Å²) in [5, 5.41) is 9.93. The molecule has 1 atom stereocenters. The molecule has 0 aromatic heterocycles. The van der Waals surface area contributed by atoms with Crippen molar-refractivity contribution in [1.82, 2.24) is 0 Å². The van der Waals surface area contributed by atoms with Gasteiger partial charge in [0.2, 0.25) is 10.9 Å². The Bertz CT molecular complexity index is 101. The molecule has 10 heavy (non-hydrogen) atoms. The van der Waals surface area contributed by atoms with Crippen molar-refractivity contribution in [3.05, 3.63) is 0 Å². The van der Waals surface area contributed by atoms with E-state index in [4.69, 9.17) is 23.2 Å². The van der Waals surface area contributed by atoms with Crippen LogP contribution in [0.25, 0.3) is 0 Å². The summed E-state index contributed by atoms with van der Waals surface area (Å²) in [5.41, 5.74) is 0. The van der Waals surface area contributed by atoms with E-state index < -0.39 is 24.2 Å². The van der Waals surface area contributed by atoms with E-state index in [0.29, 0.717) is 0 Å². The van der Waals surface area contributed by atoms with Crippen molar-refractivity contribution < 1.29 is 18.6 Å². The number of hydrogen-bond acceptors (Lipinski definition) is 1. The van der Waals surface area contributed by atoms with Gasteiger partial charge in [-0.05, 0) is 0 Å². The third-order valence-electron chi connectivity index (χ3n) is 0.590. The highest BCUT2D eigenvalue weighted by atomic mass is 35.5. The highest BCUT2D eigenvalue weighted by Gasteiger charge is 2.28. The van der Waals surface area contributed by atoms with E-state index in [1.807, 2.05) is 0 Å². The van der Waals surface area contributed by atoms with E-state index in [0.717, 1.165) is 0 Å². The van der Waals surface area contributed by atoms with Gasteiger partial charge in [-0.3, -0.25) is 0 Å². The molecule has 0 aromatic carbocycles. The van der Waals surface area contributed by atoms with Crippen molar-refractivity contribution in [2.45, 2.75) is 10.9 Å². The molecular weight excluding hydrogens is 189 g/mol. The number of hydrogen-bond donors (Lipinski definition) is 0. The Hall–Kier alpha value is 0.360. The molecule has 0 rings (SSSR count). The van der Waals surface area contributed by atoms with Gasteiger partial charge < -0.3 is 4.74 Å². The van der Waals surface area contributed by atoms with E-state index in [9.17, 15) is 13.9 Å². The van der Waals surface area contributed by atoms with Crippen LogP contribution in [0.4, 0.5) is 8.78 Å². The van der Waals surface area contributed by atoms with Crippen LogP contribution in [0.5, 0.6) is 0 Å². The lowest BCUT2D eigenvalue weighted by Gasteiger charge is -2.17. The minimum atomic E-state index is -2.23. The summed E-state index contributed by atoms with van der Waals surface area (Å²) in [6.45, 7) is -2.42. The maximum absolute atomic E-state index is 11.9. The van der Waals surface area contributed by atoms with E-state index in [1.165, 1.54) is 0 Å². The lowest BCUT2D eigenvalue weighted by molar-refractivity contribution is -0.105. The zero-order chi connectivity index (χ0) is 8.20. The molecule has 0 saturated heterocycles. The van der Waals surface area contributed by atoms with E-state index in [1.54, 1.807) is 0 Å². The molecule has 0 bridgehead atoms. The van der Waals surface area contributed by atoms with Crippen molar-refractivity contribution in [2.24, 2.45) is 0 Å². The first-order valence-corrected chi connectivity index (χ1v) is 3.11. The minimum absolute atomic E-state index is 1.05. The molecule has 0 aliphatic heterocycles. The first-order chi connectivity index (χ1) is 4.52. The Morgan fingerprint density at radius 3 is 2.40 bits per heavy atom. The molecule has 0 amide bonds. The summed E-state index contributed by atoms with van der Waals surface area (Å²) >= 11 is 10.0. The first kappa shape index (κ1) is 10.4. The average molecular weight is 194 g/mol. The van der Waals surface area contributed by atoms with E-state index >= 15 is 0 Å². The average Bonchev–Trinajstić information content (AvgIpc) is 1.87. The van der Waals surface area contributed by atoms with Crippen molar-refractivity contribution in [3.63, 3.8) is 0 Å². The Labute approximate surface area is 66.7 Å². The van der Waals surface area contributed by atoms with Gasteiger partial charge in [0.25, 0.3) is 0 Å². The molecule has 2 nitrogen and oxygen atoms in total. The molecule has 0 saturated carbocycles. The van der Waals surface area contributed by atoms with Gasteiger partial charge in [-0.2, -0.15) is 0 Å². The number of alkyl halides is 4. The Balaban J connectivity index is 3.64. The fourth-order valence-electron chi connectivity index (χ4n) is 0.253. The highest BCUT2D eigenvalue weighted by Crippen LogP contribution is 2.24. The largest absolute Gasteiger partial charge is 0.307 e. The quantitative estimate of drug-likeness (QED) is 0.627. The third kappa shape index (κ3) is 4.22. The second-order valence-corrected chi connectivity index (χ2v) is 2.88. The van der Waals surface area contributed by atoms with Gasteiger partial charge in [-0.1, -0.05) is 23.2 Å². The van der Waals surface area contributed by atoms with Gasteiger partial charge in [-0.25, -0.2) is 13.9 Å². The molecule has 0 N–H and O–H groups in total. The topological polar surface area (TPSA) is 29.1 Å². The van der Waals surface area contributed by atoms with Crippen molar-refractivity contribution in [3.8, 4) is 0 Å². The monoisotopic (exact) mass is 193 g/mol. The Kier molecular flexibility index (Phi) is 4.44. The van der Waals surface area contributed by atoms with Crippen LogP contribution in [0.3, 0.4) is 0 Å². The summed E-state index contributed by atoms with van der Waals surface area (Å²) in [7, 11) is 0. The summed E-state index contributed by atoms with van der Waals surface area (Å²) in [6, 6.07) is 0. The fourth-order valence-corrected chi connectivity index (χ4v) is 0.446. The zero-order valence-electron chi connectivity index (χ0n) is 4.82. The Morgan fingerprint density at radius 2 is 2.10 bits per heavy atom. The molecule has 1 radical (unpaired) electrons. The molecule has 1 unspecified atom stereocenters. The molecular formula is C4H5Cl2F2O2. The van der Waals surface area contributed by atoms with Gasteiger partial charge >= 0.3 is 0 Å². The SMILES string of the molecule is [O]CC(Cl)(Cl)OC(F)CF. The number of rotatable bonds is 4. The molecule has 6 heteroatoms. The molecule has 0 aromatic rings. The lowest BCUT2D eigenvalue weighted by atomic mass is 10.7. The summed E-state index contributed by atoms with van der Waals surface area (Å²) in [4.78, 5) is 0. The molecule has 0 fully saturated rings. The van der Waals surface area contributed by atoms with E-state index in [-0.39, 0.29) is 0 Å². The van der Waals surface area contributed by atoms with Crippen LogP contribution in [0.15, 0.2) is 0 Å². The molecule has 0 spiro atoms. The summed E-state index contributed by atoms with van der Waals surface area (Å²) in [5.74, 6) is 0. The predicted octanol–water partition coefficient (Wildman–Crippen LogP) is 1.83. The predicted molar refractivity (Wildman–Crippen MR) is 31.9 cm³/mol. The first-order valence-electron chi connectivity index (χ1n) is 2.35. The van der Waals surface area contributed by atoms with Crippen LogP contribution >= 0.6 is 23.2 Å². The van der Waals surface area contributed by atoms with Crippen molar-refractivity contribution >= 4 is 23.2 Å². The maximum atomic E-state index is 11.9. The van der Waals surface area contributed by atoms with Gasteiger partial charge in [0.15, 0.2) is 0 Å². The Morgan fingerprint density at radius 1 is 1.60 bits per heavy atom. The van der Waals surface area contributed by atoms with Crippen LogP contribution < -0.4 is 0 Å².